The fraction of sp³-hybridized carbons (Fsp3) is 0.391. The highest BCUT2D eigenvalue weighted by molar-refractivity contribution is 5.91. The van der Waals surface area contributed by atoms with Gasteiger partial charge in [-0.2, -0.15) is 0 Å². The number of rotatable bonds is 10. The number of benzene rings is 2. The Balaban J connectivity index is 1.56. The molecule has 2 aromatic carbocycles. The van der Waals surface area contributed by atoms with E-state index in [1.807, 2.05) is 25.1 Å². The molecule has 3 rings (SSSR count). The standard InChI is InChI=1S/C23H28N2O6/c1-2-29-13-12-25-20(14-30-16-22(25)27)23(28)17-8-10-18(11-9-17)24-21(26)15-31-19-6-4-3-5-7-19/h3-11,20,23,28H,2,12-16H2,1H3,(H,24,26). The van der Waals surface area contributed by atoms with Crippen molar-refractivity contribution in [3.8, 4) is 5.75 Å². The van der Waals surface area contributed by atoms with Crippen molar-refractivity contribution in [2.45, 2.75) is 19.1 Å². The molecule has 2 N–H and O–H groups in total. The molecule has 2 amide bonds. The molecule has 0 aromatic heterocycles. The first-order valence-electron chi connectivity index (χ1n) is 10.3. The monoisotopic (exact) mass is 428 g/mol. The number of anilines is 1. The number of ether oxygens (including phenoxy) is 3. The van der Waals surface area contributed by atoms with Crippen molar-refractivity contribution in [1.29, 1.82) is 0 Å². The molecule has 1 fully saturated rings. The van der Waals surface area contributed by atoms with Crippen LogP contribution in [0, 0.1) is 0 Å². The highest BCUT2D eigenvalue weighted by atomic mass is 16.5. The van der Waals surface area contributed by atoms with E-state index < -0.39 is 12.1 Å². The first-order chi connectivity index (χ1) is 15.1. The van der Waals surface area contributed by atoms with Gasteiger partial charge in [0.25, 0.3) is 5.91 Å². The normalized spacial score (nSPS) is 17.3. The number of carbonyl (C=O) groups is 2. The Morgan fingerprint density at radius 2 is 1.97 bits per heavy atom. The summed E-state index contributed by atoms with van der Waals surface area (Å²) < 4.78 is 16.1. The van der Waals surface area contributed by atoms with Gasteiger partial charge in [-0.1, -0.05) is 30.3 Å². The second-order valence-corrected chi connectivity index (χ2v) is 7.08. The molecule has 1 saturated heterocycles. The third-order valence-electron chi connectivity index (χ3n) is 4.93. The SMILES string of the molecule is CCOCCN1C(=O)COCC1C(O)c1ccc(NC(=O)COc2ccccc2)cc1. The highest BCUT2D eigenvalue weighted by Gasteiger charge is 2.34. The summed E-state index contributed by atoms with van der Waals surface area (Å²) in [5.41, 5.74) is 1.21. The van der Waals surface area contributed by atoms with Crippen LogP contribution in [0.5, 0.6) is 5.75 Å². The van der Waals surface area contributed by atoms with E-state index in [2.05, 4.69) is 5.32 Å². The molecule has 2 aromatic rings. The van der Waals surface area contributed by atoms with Gasteiger partial charge in [0.2, 0.25) is 5.91 Å². The van der Waals surface area contributed by atoms with E-state index in [1.54, 1.807) is 41.3 Å². The summed E-state index contributed by atoms with van der Waals surface area (Å²) in [5, 5.41) is 13.6. The van der Waals surface area contributed by atoms with Crippen molar-refractivity contribution >= 4 is 17.5 Å². The fourth-order valence-corrected chi connectivity index (χ4v) is 3.33. The third kappa shape index (κ3) is 6.52. The maximum Gasteiger partial charge on any atom is 0.262 e. The van der Waals surface area contributed by atoms with Gasteiger partial charge in [-0.05, 0) is 36.8 Å². The molecule has 0 bridgehead atoms. The van der Waals surface area contributed by atoms with Crippen molar-refractivity contribution in [3.05, 3.63) is 60.2 Å². The number of nitrogens with zero attached hydrogens (tertiary/aromatic N) is 1. The minimum atomic E-state index is -0.919. The van der Waals surface area contributed by atoms with Crippen LogP contribution in [0.15, 0.2) is 54.6 Å². The lowest BCUT2D eigenvalue weighted by molar-refractivity contribution is -0.155. The summed E-state index contributed by atoms with van der Waals surface area (Å²) in [4.78, 5) is 26.0. The Kier molecular flexibility index (Phi) is 8.40. The predicted octanol–water partition coefficient (Wildman–Crippen LogP) is 2.00. The van der Waals surface area contributed by atoms with Crippen LogP contribution < -0.4 is 10.1 Å². The summed E-state index contributed by atoms with van der Waals surface area (Å²) in [6, 6.07) is 15.4. The number of morpholine rings is 1. The quantitative estimate of drug-likeness (QED) is 0.562. The van der Waals surface area contributed by atoms with Gasteiger partial charge >= 0.3 is 0 Å². The molecule has 0 saturated carbocycles. The number of amides is 2. The van der Waals surface area contributed by atoms with Crippen LogP contribution in [-0.4, -0.2) is 67.4 Å². The van der Waals surface area contributed by atoms with Gasteiger partial charge in [0, 0.05) is 18.8 Å². The molecule has 1 aliphatic rings. The van der Waals surface area contributed by atoms with Crippen LogP contribution in [0.3, 0.4) is 0 Å². The number of hydrogen-bond donors (Lipinski definition) is 2. The van der Waals surface area contributed by atoms with Gasteiger partial charge in [0.15, 0.2) is 6.61 Å². The smallest absolute Gasteiger partial charge is 0.262 e. The maximum absolute atomic E-state index is 12.2. The van der Waals surface area contributed by atoms with Crippen molar-refractivity contribution in [1.82, 2.24) is 4.90 Å². The number of para-hydroxylation sites is 1. The lowest BCUT2D eigenvalue weighted by Gasteiger charge is -2.38. The molecule has 0 aliphatic carbocycles. The first kappa shape index (κ1) is 22.7. The number of hydrogen-bond acceptors (Lipinski definition) is 6. The molecule has 8 nitrogen and oxygen atoms in total. The highest BCUT2D eigenvalue weighted by Crippen LogP contribution is 2.25. The summed E-state index contributed by atoms with van der Waals surface area (Å²) in [7, 11) is 0. The van der Waals surface area contributed by atoms with Gasteiger partial charge in [0.1, 0.15) is 18.5 Å². The van der Waals surface area contributed by atoms with E-state index in [-0.39, 0.29) is 31.6 Å². The van der Waals surface area contributed by atoms with Crippen LogP contribution in [0.4, 0.5) is 5.69 Å². The second kappa shape index (κ2) is 11.5. The summed E-state index contributed by atoms with van der Waals surface area (Å²) in [5.74, 6) is 0.164. The van der Waals surface area contributed by atoms with Gasteiger partial charge < -0.3 is 29.5 Å². The molecule has 0 radical (unpaired) electrons. The first-order valence-corrected chi connectivity index (χ1v) is 10.3. The molecule has 166 valence electrons. The lowest BCUT2D eigenvalue weighted by atomic mass is 10.00. The van der Waals surface area contributed by atoms with Crippen molar-refractivity contribution in [2.24, 2.45) is 0 Å². The van der Waals surface area contributed by atoms with Crippen molar-refractivity contribution < 1.29 is 28.9 Å². The fourth-order valence-electron chi connectivity index (χ4n) is 3.33. The van der Waals surface area contributed by atoms with Crippen LogP contribution in [0.25, 0.3) is 0 Å². The molecule has 31 heavy (non-hydrogen) atoms. The minimum Gasteiger partial charge on any atom is -0.484 e. The zero-order valence-electron chi connectivity index (χ0n) is 17.5. The number of carbonyl (C=O) groups excluding carboxylic acids is 2. The molecule has 1 aliphatic heterocycles. The van der Waals surface area contributed by atoms with Crippen LogP contribution in [-0.2, 0) is 19.1 Å². The Morgan fingerprint density at radius 1 is 1.23 bits per heavy atom. The molecule has 0 spiro atoms. The zero-order valence-corrected chi connectivity index (χ0v) is 17.5. The van der Waals surface area contributed by atoms with Gasteiger partial charge in [-0.25, -0.2) is 0 Å². The maximum atomic E-state index is 12.2. The Morgan fingerprint density at radius 3 is 2.68 bits per heavy atom. The summed E-state index contributed by atoms with van der Waals surface area (Å²) >= 11 is 0. The number of aliphatic hydroxyl groups is 1. The van der Waals surface area contributed by atoms with E-state index in [9.17, 15) is 14.7 Å². The molecule has 8 heteroatoms. The second-order valence-electron chi connectivity index (χ2n) is 7.08. The average Bonchev–Trinajstić information content (AvgIpc) is 2.79. The van der Waals surface area contributed by atoms with E-state index in [0.717, 1.165) is 0 Å². The van der Waals surface area contributed by atoms with Crippen LogP contribution >= 0.6 is 0 Å². The van der Waals surface area contributed by atoms with E-state index in [4.69, 9.17) is 14.2 Å². The van der Waals surface area contributed by atoms with Crippen molar-refractivity contribution in [3.63, 3.8) is 0 Å². The number of aliphatic hydroxyl groups excluding tert-OH is 1. The molecular weight excluding hydrogens is 400 g/mol. The predicted molar refractivity (Wildman–Crippen MR) is 115 cm³/mol. The van der Waals surface area contributed by atoms with E-state index in [0.29, 0.717) is 36.8 Å². The lowest BCUT2D eigenvalue weighted by Crippen LogP contribution is -2.53. The van der Waals surface area contributed by atoms with Crippen molar-refractivity contribution in [2.75, 3.05) is 44.9 Å². The molecule has 2 atom stereocenters. The summed E-state index contributed by atoms with van der Waals surface area (Å²) in [6.07, 6.45) is -0.919. The molecule has 1 heterocycles. The van der Waals surface area contributed by atoms with E-state index >= 15 is 0 Å². The van der Waals surface area contributed by atoms with Gasteiger partial charge in [-0.3, -0.25) is 9.59 Å². The largest absolute Gasteiger partial charge is 0.484 e. The molecular formula is C23H28N2O6. The minimum absolute atomic E-state index is 0.00532. The summed E-state index contributed by atoms with van der Waals surface area (Å²) in [6.45, 7) is 3.40. The van der Waals surface area contributed by atoms with Gasteiger partial charge in [0.05, 0.1) is 19.3 Å². The molecule has 2 unspecified atom stereocenters. The average molecular weight is 428 g/mol. The Hall–Kier alpha value is -2.94. The Bertz CT molecular complexity index is 843. The Labute approximate surface area is 181 Å². The number of nitrogens with one attached hydrogen (secondary N) is 1. The third-order valence-corrected chi connectivity index (χ3v) is 4.93. The van der Waals surface area contributed by atoms with Crippen LogP contribution in [0.2, 0.25) is 0 Å². The topological polar surface area (TPSA) is 97.3 Å². The zero-order chi connectivity index (χ0) is 22.1. The van der Waals surface area contributed by atoms with Crippen LogP contribution in [0.1, 0.15) is 18.6 Å². The van der Waals surface area contributed by atoms with E-state index in [1.165, 1.54) is 0 Å². The van der Waals surface area contributed by atoms with Gasteiger partial charge in [-0.15, -0.1) is 0 Å².